The summed E-state index contributed by atoms with van der Waals surface area (Å²) in [6.45, 7) is 1.85. The van der Waals surface area contributed by atoms with Crippen molar-refractivity contribution >= 4 is 11.4 Å². The van der Waals surface area contributed by atoms with Crippen molar-refractivity contribution < 1.29 is 4.79 Å². The van der Waals surface area contributed by atoms with Gasteiger partial charge in [0.25, 0.3) is 0 Å². The number of rotatable bonds is 3. The third kappa shape index (κ3) is 2.20. The minimum absolute atomic E-state index is 0.0325. The lowest BCUT2D eigenvalue weighted by atomic mass is 10.2. The average molecular weight is 229 g/mol. The lowest BCUT2D eigenvalue weighted by Crippen LogP contribution is -2.06. The standard InChI is InChI=1S/C13H15N3O/c1-10-13(11(17)7-9-15(2)3)16-8-5-4-6-12(16)14-10/h4-9H,1-3H3/b9-7+. The zero-order chi connectivity index (χ0) is 12.4. The quantitative estimate of drug-likeness (QED) is 0.596. The zero-order valence-electron chi connectivity index (χ0n) is 10.2. The summed E-state index contributed by atoms with van der Waals surface area (Å²) in [6, 6.07) is 5.69. The van der Waals surface area contributed by atoms with Crippen LogP contribution in [0.5, 0.6) is 0 Å². The molecule has 0 aliphatic carbocycles. The fraction of sp³-hybridized carbons (Fsp3) is 0.231. The second-order valence-corrected chi connectivity index (χ2v) is 4.12. The van der Waals surface area contributed by atoms with E-state index in [1.165, 1.54) is 0 Å². The molecule has 0 unspecified atom stereocenters. The summed E-state index contributed by atoms with van der Waals surface area (Å²) in [5.74, 6) is -0.0325. The Balaban J connectivity index is 2.48. The van der Waals surface area contributed by atoms with Crippen molar-refractivity contribution in [3.63, 3.8) is 0 Å². The summed E-state index contributed by atoms with van der Waals surface area (Å²) in [4.78, 5) is 18.3. The first-order chi connectivity index (χ1) is 8.09. The van der Waals surface area contributed by atoms with Gasteiger partial charge in [0.05, 0.1) is 5.69 Å². The molecule has 4 nitrogen and oxygen atoms in total. The second-order valence-electron chi connectivity index (χ2n) is 4.12. The van der Waals surface area contributed by atoms with Crippen LogP contribution in [0.3, 0.4) is 0 Å². The topological polar surface area (TPSA) is 37.6 Å². The van der Waals surface area contributed by atoms with Gasteiger partial charge >= 0.3 is 0 Å². The molecule has 2 aromatic heterocycles. The van der Waals surface area contributed by atoms with Gasteiger partial charge in [-0.15, -0.1) is 0 Å². The van der Waals surface area contributed by atoms with Crippen LogP contribution in [0.4, 0.5) is 0 Å². The van der Waals surface area contributed by atoms with Crippen LogP contribution in [0, 0.1) is 6.92 Å². The van der Waals surface area contributed by atoms with Crippen LogP contribution in [-0.2, 0) is 0 Å². The highest BCUT2D eigenvalue weighted by Gasteiger charge is 2.13. The van der Waals surface area contributed by atoms with E-state index in [2.05, 4.69) is 4.98 Å². The molecule has 0 atom stereocenters. The Morgan fingerprint density at radius 3 is 2.88 bits per heavy atom. The monoisotopic (exact) mass is 229 g/mol. The Hall–Kier alpha value is -2.10. The molecule has 2 heterocycles. The number of fused-ring (bicyclic) bond motifs is 1. The van der Waals surface area contributed by atoms with Gasteiger partial charge in [0, 0.05) is 32.6 Å². The van der Waals surface area contributed by atoms with Gasteiger partial charge in [0.15, 0.2) is 0 Å². The number of imidazole rings is 1. The average Bonchev–Trinajstić information content (AvgIpc) is 2.61. The highest BCUT2D eigenvalue weighted by molar-refractivity contribution is 6.04. The fourth-order valence-corrected chi connectivity index (χ4v) is 1.71. The Bertz CT molecular complexity index is 581. The highest BCUT2D eigenvalue weighted by atomic mass is 16.1. The molecule has 0 fully saturated rings. The van der Waals surface area contributed by atoms with E-state index in [1.807, 2.05) is 54.7 Å². The maximum atomic E-state index is 12.1. The summed E-state index contributed by atoms with van der Waals surface area (Å²) in [5, 5.41) is 0. The summed E-state index contributed by atoms with van der Waals surface area (Å²) < 4.78 is 1.82. The number of hydrogen-bond acceptors (Lipinski definition) is 3. The van der Waals surface area contributed by atoms with E-state index in [0.29, 0.717) is 5.69 Å². The molecule has 2 aromatic rings. The Morgan fingerprint density at radius 2 is 2.18 bits per heavy atom. The maximum Gasteiger partial charge on any atom is 0.205 e. The van der Waals surface area contributed by atoms with Gasteiger partial charge in [-0.05, 0) is 19.1 Å². The van der Waals surface area contributed by atoms with Crippen molar-refractivity contribution in [3.8, 4) is 0 Å². The Morgan fingerprint density at radius 1 is 1.41 bits per heavy atom. The van der Waals surface area contributed by atoms with E-state index in [4.69, 9.17) is 0 Å². The lowest BCUT2D eigenvalue weighted by Gasteiger charge is -2.03. The van der Waals surface area contributed by atoms with Crippen molar-refractivity contribution in [1.82, 2.24) is 14.3 Å². The summed E-state index contributed by atoms with van der Waals surface area (Å²) in [6.07, 6.45) is 5.15. The molecule has 0 saturated carbocycles. The number of allylic oxidation sites excluding steroid dienone is 1. The molecule has 0 aliphatic heterocycles. The molecule has 17 heavy (non-hydrogen) atoms. The van der Waals surface area contributed by atoms with E-state index in [-0.39, 0.29) is 5.78 Å². The number of aromatic nitrogens is 2. The molecule has 0 N–H and O–H groups in total. The van der Waals surface area contributed by atoms with Crippen molar-refractivity contribution in [2.75, 3.05) is 14.1 Å². The van der Waals surface area contributed by atoms with Crippen molar-refractivity contribution in [3.05, 3.63) is 48.1 Å². The van der Waals surface area contributed by atoms with Gasteiger partial charge in [-0.2, -0.15) is 0 Å². The summed E-state index contributed by atoms with van der Waals surface area (Å²) in [5.41, 5.74) is 2.18. The third-order valence-corrected chi connectivity index (χ3v) is 2.46. The molecule has 0 aromatic carbocycles. The normalized spacial score (nSPS) is 11.2. The van der Waals surface area contributed by atoms with E-state index < -0.39 is 0 Å². The van der Waals surface area contributed by atoms with E-state index in [9.17, 15) is 4.79 Å². The first-order valence-corrected chi connectivity index (χ1v) is 5.42. The predicted octanol–water partition coefficient (Wildman–Crippen LogP) is 1.90. The molecular formula is C13H15N3O. The largest absolute Gasteiger partial charge is 0.383 e. The van der Waals surface area contributed by atoms with Crippen LogP contribution in [0.25, 0.3) is 5.65 Å². The molecule has 0 aliphatic rings. The molecule has 2 rings (SSSR count). The number of nitrogens with zero attached hydrogens (tertiary/aromatic N) is 3. The number of carbonyl (C=O) groups excluding carboxylic acids is 1. The van der Waals surface area contributed by atoms with Crippen LogP contribution < -0.4 is 0 Å². The van der Waals surface area contributed by atoms with Gasteiger partial charge in [-0.3, -0.25) is 9.20 Å². The molecule has 0 bridgehead atoms. The van der Waals surface area contributed by atoms with E-state index in [0.717, 1.165) is 11.3 Å². The predicted molar refractivity (Wildman–Crippen MR) is 67.1 cm³/mol. The van der Waals surface area contributed by atoms with E-state index >= 15 is 0 Å². The SMILES string of the molecule is Cc1nc2ccccn2c1C(=O)/C=C/N(C)C. The maximum absolute atomic E-state index is 12.1. The minimum atomic E-state index is -0.0325. The van der Waals surface area contributed by atoms with Gasteiger partial charge in [0.1, 0.15) is 11.3 Å². The lowest BCUT2D eigenvalue weighted by molar-refractivity contribution is 0.104. The Labute approximate surface area is 100 Å². The summed E-state index contributed by atoms with van der Waals surface area (Å²) in [7, 11) is 3.76. The number of hydrogen-bond donors (Lipinski definition) is 0. The zero-order valence-corrected chi connectivity index (χ0v) is 10.2. The smallest absolute Gasteiger partial charge is 0.205 e. The first kappa shape index (κ1) is 11.4. The number of ketones is 1. The van der Waals surface area contributed by atoms with Crippen LogP contribution in [0.2, 0.25) is 0 Å². The first-order valence-electron chi connectivity index (χ1n) is 5.42. The number of pyridine rings is 1. The molecule has 0 saturated heterocycles. The van der Waals surface area contributed by atoms with Gasteiger partial charge in [-0.25, -0.2) is 4.98 Å². The Kier molecular flexibility index (Phi) is 2.95. The highest BCUT2D eigenvalue weighted by Crippen LogP contribution is 2.12. The van der Waals surface area contributed by atoms with Gasteiger partial charge in [0.2, 0.25) is 5.78 Å². The summed E-state index contributed by atoms with van der Waals surface area (Å²) >= 11 is 0. The number of aryl methyl sites for hydroxylation is 1. The van der Waals surface area contributed by atoms with Gasteiger partial charge < -0.3 is 4.90 Å². The molecular weight excluding hydrogens is 214 g/mol. The molecule has 0 spiro atoms. The van der Waals surface area contributed by atoms with Crippen molar-refractivity contribution in [2.24, 2.45) is 0 Å². The molecule has 88 valence electrons. The van der Waals surface area contributed by atoms with Crippen LogP contribution >= 0.6 is 0 Å². The molecule has 0 amide bonds. The van der Waals surface area contributed by atoms with Crippen molar-refractivity contribution in [1.29, 1.82) is 0 Å². The second kappa shape index (κ2) is 4.41. The number of carbonyl (C=O) groups is 1. The van der Waals surface area contributed by atoms with Crippen LogP contribution in [-0.4, -0.2) is 34.2 Å². The third-order valence-electron chi connectivity index (χ3n) is 2.46. The fourth-order valence-electron chi connectivity index (χ4n) is 1.71. The molecule has 0 radical (unpaired) electrons. The van der Waals surface area contributed by atoms with Gasteiger partial charge in [-0.1, -0.05) is 6.07 Å². The van der Waals surface area contributed by atoms with Crippen LogP contribution in [0.15, 0.2) is 36.7 Å². The van der Waals surface area contributed by atoms with Crippen molar-refractivity contribution in [2.45, 2.75) is 6.92 Å². The molecule has 4 heteroatoms. The van der Waals surface area contributed by atoms with Crippen LogP contribution in [0.1, 0.15) is 16.2 Å². The minimum Gasteiger partial charge on any atom is -0.383 e. The van der Waals surface area contributed by atoms with E-state index in [1.54, 1.807) is 12.3 Å².